The van der Waals surface area contributed by atoms with E-state index in [9.17, 15) is 5.11 Å². The van der Waals surface area contributed by atoms with Crippen LogP contribution < -0.4 is 10.6 Å². The van der Waals surface area contributed by atoms with Gasteiger partial charge in [0.25, 0.3) is 0 Å². The van der Waals surface area contributed by atoms with Gasteiger partial charge in [0, 0.05) is 17.9 Å². The van der Waals surface area contributed by atoms with Crippen LogP contribution in [-0.2, 0) is 0 Å². The predicted octanol–water partition coefficient (Wildman–Crippen LogP) is 1.78. The number of nitrogens with zero attached hydrogens (tertiary/aromatic N) is 1. The molecule has 88 valence electrons. The third-order valence-electron chi connectivity index (χ3n) is 3.66. The molecule has 0 saturated carbocycles. The molecule has 0 amide bonds. The van der Waals surface area contributed by atoms with E-state index in [1.54, 1.807) is 0 Å². The fourth-order valence-electron chi connectivity index (χ4n) is 2.41. The molecule has 1 fully saturated rings. The first kappa shape index (κ1) is 11.3. The Bertz CT molecular complexity index is 378. The fraction of sp³-hybridized carbons (Fsp3) is 0.538. The lowest BCUT2D eigenvalue weighted by Crippen LogP contribution is -2.35. The monoisotopic (exact) mass is 220 g/mol. The van der Waals surface area contributed by atoms with Crippen molar-refractivity contribution in [2.75, 3.05) is 23.8 Å². The Labute approximate surface area is 96.9 Å². The molecule has 0 aromatic heterocycles. The summed E-state index contributed by atoms with van der Waals surface area (Å²) in [6.07, 6.45) is 1.14. The van der Waals surface area contributed by atoms with Crippen molar-refractivity contribution in [2.45, 2.75) is 26.3 Å². The highest BCUT2D eigenvalue weighted by atomic mass is 16.3. The van der Waals surface area contributed by atoms with Crippen molar-refractivity contribution in [1.29, 1.82) is 0 Å². The quantitative estimate of drug-likeness (QED) is 0.747. The van der Waals surface area contributed by atoms with Crippen LogP contribution in [0.25, 0.3) is 0 Å². The van der Waals surface area contributed by atoms with Gasteiger partial charge in [-0.1, -0.05) is 13.0 Å². The van der Waals surface area contributed by atoms with Crippen LogP contribution in [0.15, 0.2) is 18.2 Å². The normalized spacial score (nSPS) is 25.1. The van der Waals surface area contributed by atoms with Gasteiger partial charge in [0.1, 0.15) is 0 Å². The van der Waals surface area contributed by atoms with Crippen molar-refractivity contribution < 1.29 is 5.11 Å². The third kappa shape index (κ3) is 1.87. The summed E-state index contributed by atoms with van der Waals surface area (Å²) in [6, 6.07) is 6.38. The molecule has 3 N–H and O–H groups in total. The molecule has 1 aliphatic rings. The van der Waals surface area contributed by atoms with Crippen LogP contribution in [0.2, 0.25) is 0 Å². The maximum atomic E-state index is 9.42. The van der Waals surface area contributed by atoms with E-state index < -0.39 is 0 Å². The van der Waals surface area contributed by atoms with Gasteiger partial charge < -0.3 is 15.7 Å². The van der Waals surface area contributed by atoms with Crippen LogP contribution in [0.4, 0.5) is 11.4 Å². The van der Waals surface area contributed by atoms with Gasteiger partial charge >= 0.3 is 0 Å². The van der Waals surface area contributed by atoms with Crippen LogP contribution in [-0.4, -0.2) is 24.3 Å². The third-order valence-corrected chi connectivity index (χ3v) is 3.66. The van der Waals surface area contributed by atoms with E-state index in [1.165, 1.54) is 0 Å². The largest absolute Gasteiger partial charge is 0.398 e. The average Bonchev–Trinajstić information content (AvgIpc) is 2.63. The minimum absolute atomic E-state index is 0.217. The lowest BCUT2D eigenvalue weighted by atomic mass is 10.0. The van der Waals surface area contributed by atoms with Gasteiger partial charge in [-0.15, -0.1) is 0 Å². The van der Waals surface area contributed by atoms with E-state index in [4.69, 9.17) is 5.73 Å². The number of hydrogen-bond acceptors (Lipinski definition) is 3. The van der Waals surface area contributed by atoms with Crippen LogP contribution in [0, 0.1) is 12.8 Å². The molecule has 1 aromatic carbocycles. The van der Waals surface area contributed by atoms with Crippen molar-refractivity contribution in [1.82, 2.24) is 0 Å². The summed E-state index contributed by atoms with van der Waals surface area (Å²) in [6.45, 7) is 5.43. The molecule has 0 radical (unpaired) electrons. The summed E-state index contributed by atoms with van der Waals surface area (Å²) >= 11 is 0. The SMILES string of the molecule is Cc1ccc(N2CCC(C)C2CO)cc1N. The molecule has 0 bridgehead atoms. The number of aryl methyl sites for hydroxylation is 1. The summed E-state index contributed by atoms with van der Waals surface area (Å²) in [7, 11) is 0. The van der Waals surface area contributed by atoms with E-state index >= 15 is 0 Å². The van der Waals surface area contributed by atoms with Crippen molar-refractivity contribution in [3.8, 4) is 0 Å². The zero-order valence-electron chi connectivity index (χ0n) is 9.98. The topological polar surface area (TPSA) is 49.5 Å². The minimum Gasteiger partial charge on any atom is -0.398 e. The Balaban J connectivity index is 2.27. The van der Waals surface area contributed by atoms with E-state index in [1.807, 2.05) is 19.1 Å². The van der Waals surface area contributed by atoms with Crippen molar-refractivity contribution in [3.05, 3.63) is 23.8 Å². The Hall–Kier alpha value is -1.22. The van der Waals surface area contributed by atoms with Crippen LogP contribution in [0.3, 0.4) is 0 Å². The molecule has 1 aliphatic heterocycles. The van der Waals surface area contributed by atoms with Gasteiger partial charge in [-0.05, 0) is 37.0 Å². The molecule has 2 unspecified atom stereocenters. The molecule has 0 aliphatic carbocycles. The second kappa shape index (κ2) is 4.34. The molecule has 3 heteroatoms. The number of aliphatic hydroxyl groups is 1. The average molecular weight is 220 g/mol. The maximum absolute atomic E-state index is 9.42. The number of benzene rings is 1. The lowest BCUT2D eigenvalue weighted by Gasteiger charge is -2.27. The Kier molecular flexibility index (Phi) is 3.06. The fourth-order valence-corrected chi connectivity index (χ4v) is 2.41. The summed E-state index contributed by atoms with van der Waals surface area (Å²) in [5, 5.41) is 9.42. The maximum Gasteiger partial charge on any atom is 0.0637 e. The zero-order chi connectivity index (χ0) is 11.7. The summed E-state index contributed by atoms with van der Waals surface area (Å²) in [4.78, 5) is 2.26. The number of nitrogen functional groups attached to an aromatic ring is 1. The minimum atomic E-state index is 0.217. The summed E-state index contributed by atoms with van der Waals surface area (Å²) < 4.78 is 0. The van der Waals surface area contributed by atoms with E-state index in [-0.39, 0.29) is 12.6 Å². The van der Waals surface area contributed by atoms with Crippen molar-refractivity contribution >= 4 is 11.4 Å². The first-order valence-electron chi connectivity index (χ1n) is 5.87. The molecular formula is C13H20N2O. The molecule has 1 aromatic rings. The highest BCUT2D eigenvalue weighted by molar-refractivity contribution is 5.60. The molecule has 2 rings (SSSR count). The first-order valence-corrected chi connectivity index (χ1v) is 5.87. The highest BCUT2D eigenvalue weighted by Gasteiger charge is 2.30. The van der Waals surface area contributed by atoms with Gasteiger partial charge in [-0.2, -0.15) is 0 Å². The molecule has 16 heavy (non-hydrogen) atoms. The predicted molar refractivity (Wildman–Crippen MR) is 67.6 cm³/mol. The molecular weight excluding hydrogens is 200 g/mol. The van der Waals surface area contributed by atoms with Gasteiger partial charge in [-0.25, -0.2) is 0 Å². The Morgan fingerprint density at radius 2 is 2.25 bits per heavy atom. The van der Waals surface area contributed by atoms with Crippen LogP contribution >= 0.6 is 0 Å². The van der Waals surface area contributed by atoms with Crippen LogP contribution in [0.1, 0.15) is 18.9 Å². The number of anilines is 2. The number of nitrogens with two attached hydrogens (primary N) is 1. The van der Waals surface area contributed by atoms with Crippen molar-refractivity contribution in [2.24, 2.45) is 5.92 Å². The number of rotatable bonds is 2. The second-order valence-electron chi connectivity index (χ2n) is 4.75. The van der Waals surface area contributed by atoms with Crippen molar-refractivity contribution in [3.63, 3.8) is 0 Å². The molecule has 1 saturated heterocycles. The van der Waals surface area contributed by atoms with Gasteiger partial charge in [0.05, 0.1) is 12.6 Å². The molecule has 1 heterocycles. The van der Waals surface area contributed by atoms with Crippen LogP contribution in [0.5, 0.6) is 0 Å². The standard InChI is InChI=1S/C13H20N2O/c1-9-3-4-11(7-12(9)14)15-6-5-10(2)13(15)8-16/h3-4,7,10,13,16H,5-6,8,14H2,1-2H3. The smallest absolute Gasteiger partial charge is 0.0637 e. The number of aliphatic hydroxyl groups excluding tert-OH is 1. The molecule has 2 atom stereocenters. The Morgan fingerprint density at radius 3 is 2.88 bits per heavy atom. The van der Waals surface area contributed by atoms with Gasteiger partial charge in [0.2, 0.25) is 0 Å². The highest BCUT2D eigenvalue weighted by Crippen LogP contribution is 2.31. The van der Waals surface area contributed by atoms with Gasteiger partial charge in [-0.3, -0.25) is 0 Å². The van der Waals surface area contributed by atoms with E-state index in [0.29, 0.717) is 5.92 Å². The number of hydrogen-bond donors (Lipinski definition) is 2. The second-order valence-corrected chi connectivity index (χ2v) is 4.75. The Morgan fingerprint density at radius 1 is 1.50 bits per heavy atom. The van der Waals surface area contributed by atoms with Gasteiger partial charge in [0.15, 0.2) is 0 Å². The first-order chi connectivity index (χ1) is 7.63. The van der Waals surface area contributed by atoms with E-state index in [2.05, 4.69) is 17.9 Å². The lowest BCUT2D eigenvalue weighted by molar-refractivity contribution is 0.245. The molecule has 3 nitrogen and oxygen atoms in total. The van der Waals surface area contributed by atoms with E-state index in [0.717, 1.165) is 29.9 Å². The zero-order valence-corrected chi connectivity index (χ0v) is 9.98. The molecule has 0 spiro atoms. The summed E-state index contributed by atoms with van der Waals surface area (Å²) in [5.41, 5.74) is 8.99. The summed E-state index contributed by atoms with van der Waals surface area (Å²) in [5.74, 6) is 0.549.